The number of ether oxygens (including phenoxy) is 1. The van der Waals surface area contributed by atoms with E-state index in [2.05, 4.69) is 26.7 Å². The Bertz CT molecular complexity index is 1010. The summed E-state index contributed by atoms with van der Waals surface area (Å²) in [5, 5.41) is 14.8. The molecule has 28 heavy (non-hydrogen) atoms. The Morgan fingerprint density at radius 3 is 2.86 bits per heavy atom. The number of hydrogen-bond donors (Lipinski definition) is 2. The molecule has 3 rings (SSSR count). The van der Waals surface area contributed by atoms with Gasteiger partial charge in [-0.1, -0.05) is 24.3 Å². The fraction of sp³-hybridized carbons (Fsp3) is 0.143. The van der Waals surface area contributed by atoms with Crippen molar-refractivity contribution in [1.29, 1.82) is 5.26 Å². The van der Waals surface area contributed by atoms with Gasteiger partial charge in [0.05, 0.1) is 18.7 Å². The maximum atomic E-state index is 12.4. The predicted molar refractivity (Wildman–Crippen MR) is 106 cm³/mol. The lowest BCUT2D eigenvalue weighted by Gasteiger charge is -2.09. The highest BCUT2D eigenvalue weighted by atomic mass is 16.5. The zero-order valence-corrected chi connectivity index (χ0v) is 15.3. The molecular weight excluding hydrogens is 354 g/mol. The van der Waals surface area contributed by atoms with E-state index in [9.17, 15) is 4.79 Å². The summed E-state index contributed by atoms with van der Waals surface area (Å²) in [5.41, 5.74) is 2.48. The number of nitrogens with zero attached hydrogens (tertiary/aromatic N) is 3. The maximum absolute atomic E-state index is 12.4. The van der Waals surface area contributed by atoms with Crippen molar-refractivity contribution in [3.8, 4) is 11.8 Å². The number of rotatable bonds is 7. The number of para-hydroxylation sites is 1. The third kappa shape index (κ3) is 4.83. The third-order valence-corrected chi connectivity index (χ3v) is 4.01. The minimum atomic E-state index is -0.286. The summed E-state index contributed by atoms with van der Waals surface area (Å²) in [6.07, 6.45) is 2.16. The number of carbonyl (C=O) groups excluding carboxylic acids is 1. The summed E-state index contributed by atoms with van der Waals surface area (Å²) in [6.45, 7) is 0.455. The van der Waals surface area contributed by atoms with E-state index in [-0.39, 0.29) is 17.5 Å². The van der Waals surface area contributed by atoms with Gasteiger partial charge in [0, 0.05) is 18.4 Å². The van der Waals surface area contributed by atoms with Crippen molar-refractivity contribution in [2.75, 3.05) is 19.0 Å². The number of benzene rings is 2. The fourth-order valence-corrected chi connectivity index (χ4v) is 2.65. The van der Waals surface area contributed by atoms with E-state index in [1.54, 1.807) is 37.4 Å². The fourth-order valence-electron chi connectivity index (χ4n) is 2.65. The monoisotopic (exact) mass is 373 g/mol. The molecule has 0 aliphatic rings. The lowest BCUT2D eigenvalue weighted by Crippen LogP contribution is -2.26. The first kappa shape index (κ1) is 18.9. The first-order valence-electron chi connectivity index (χ1n) is 8.70. The zero-order chi connectivity index (χ0) is 19.8. The minimum absolute atomic E-state index is 0.258. The van der Waals surface area contributed by atoms with Crippen molar-refractivity contribution in [1.82, 2.24) is 15.3 Å². The van der Waals surface area contributed by atoms with Crippen LogP contribution < -0.4 is 15.4 Å². The van der Waals surface area contributed by atoms with Gasteiger partial charge in [0.25, 0.3) is 5.91 Å². The Morgan fingerprint density at radius 2 is 2.04 bits per heavy atom. The van der Waals surface area contributed by atoms with Crippen molar-refractivity contribution in [3.63, 3.8) is 0 Å². The minimum Gasteiger partial charge on any atom is -0.496 e. The van der Waals surface area contributed by atoms with Crippen LogP contribution in [0.2, 0.25) is 0 Å². The summed E-state index contributed by atoms with van der Waals surface area (Å²) in [7, 11) is 1.62. The van der Waals surface area contributed by atoms with E-state index in [0.717, 1.165) is 11.3 Å². The van der Waals surface area contributed by atoms with Crippen molar-refractivity contribution >= 4 is 17.5 Å². The first-order chi connectivity index (χ1) is 13.7. The molecule has 1 amide bonds. The Hall–Kier alpha value is -3.92. The molecule has 2 aromatic carbocycles. The SMILES string of the molecule is COc1ccccc1CCNC(=O)c1ccnc(Nc2cccc(C#N)c2)n1. The van der Waals surface area contributed by atoms with E-state index in [1.165, 1.54) is 6.20 Å². The summed E-state index contributed by atoms with van der Waals surface area (Å²) in [6, 6.07) is 18.3. The van der Waals surface area contributed by atoms with Crippen LogP contribution in [0.1, 0.15) is 21.6 Å². The zero-order valence-electron chi connectivity index (χ0n) is 15.3. The molecule has 140 valence electrons. The van der Waals surface area contributed by atoms with Crippen molar-refractivity contribution < 1.29 is 9.53 Å². The van der Waals surface area contributed by atoms with Crippen LogP contribution in [-0.4, -0.2) is 29.5 Å². The molecule has 1 heterocycles. The van der Waals surface area contributed by atoms with Crippen LogP contribution in [0.3, 0.4) is 0 Å². The van der Waals surface area contributed by atoms with Gasteiger partial charge in [0.1, 0.15) is 11.4 Å². The molecule has 0 aliphatic carbocycles. The average Bonchev–Trinajstić information content (AvgIpc) is 2.74. The molecule has 0 bridgehead atoms. The maximum Gasteiger partial charge on any atom is 0.270 e. The Labute approximate surface area is 163 Å². The number of anilines is 2. The predicted octanol–water partition coefficient (Wildman–Crippen LogP) is 3.07. The van der Waals surface area contributed by atoms with Crippen molar-refractivity contribution in [2.24, 2.45) is 0 Å². The molecule has 3 aromatic rings. The third-order valence-electron chi connectivity index (χ3n) is 4.01. The van der Waals surface area contributed by atoms with Gasteiger partial charge in [-0.2, -0.15) is 5.26 Å². The Balaban J connectivity index is 1.61. The number of nitriles is 1. The molecule has 0 unspecified atom stereocenters. The van der Waals surface area contributed by atoms with Gasteiger partial charge >= 0.3 is 0 Å². The van der Waals surface area contributed by atoms with Gasteiger partial charge < -0.3 is 15.4 Å². The highest BCUT2D eigenvalue weighted by Crippen LogP contribution is 2.17. The molecule has 2 N–H and O–H groups in total. The van der Waals surface area contributed by atoms with Crippen LogP contribution in [0.15, 0.2) is 60.8 Å². The smallest absolute Gasteiger partial charge is 0.270 e. The van der Waals surface area contributed by atoms with E-state index < -0.39 is 0 Å². The van der Waals surface area contributed by atoms with Crippen LogP contribution >= 0.6 is 0 Å². The van der Waals surface area contributed by atoms with E-state index in [0.29, 0.717) is 24.2 Å². The summed E-state index contributed by atoms with van der Waals surface area (Å²) in [5.74, 6) is 0.795. The first-order valence-corrected chi connectivity index (χ1v) is 8.70. The summed E-state index contributed by atoms with van der Waals surface area (Å²) < 4.78 is 5.31. The van der Waals surface area contributed by atoms with Crippen LogP contribution in [0.4, 0.5) is 11.6 Å². The van der Waals surface area contributed by atoms with Crippen LogP contribution in [0.5, 0.6) is 5.75 Å². The highest BCUT2D eigenvalue weighted by Gasteiger charge is 2.10. The topological polar surface area (TPSA) is 99.9 Å². The lowest BCUT2D eigenvalue weighted by atomic mass is 10.1. The molecule has 0 spiro atoms. The van der Waals surface area contributed by atoms with Crippen LogP contribution in [0.25, 0.3) is 0 Å². The normalized spacial score (nSPS) is 10.0. The Kier molecular flexibility index (Phi) is 6.16. The second-order valence-electron chi connectivity index (χ2n) is 5.90. The molecule has 7 nitrogen and oxygen atoms in total. The van der Waals surface area contributed by atoms with E-state index >= 15 is 0 Å². The van der Waals surface area contributed by atoms with Gasteiger partial charge in [-0.3, -0.25) is 4.79 Å². The second kappa shape index (κ2) is 9.14. The quantitative estimate of drug-likeness (QED) is 0.660. The largest absolute Gasteiger partial charge is 0.496 e. The van der Waals surface area contributed by atoms with Crippen molar-refractivity contribution in [3.05, 3.63) is 77.6 Å². The van der Waals surface area contributed by atoms with Gasteiger partial charge in [-0.05, 0) is 42.3 Å². The molecule has 0 fully saturated rings. The molecule has 0 atom stereocenters. The summed E-state index contributed by atoms with van der Waals surface area (Å²) >= 11 is 0. The lowest BCUT2D eigenvalue weighted by molar-refractivity contribution is 0.0949. The average molecular weight is 373 g/mol. The number of amides is 1. The van der Waals surface area contributed by atoms with Crippen LogP contribution in [0, 0.1) is 11.3 Å². The number of aromatic nitrogens is 2. The standard InChI is InChI=1S/C21H19N5O2/c1-28-19-8-3-2-6-16(19)9-11-23-20(27)18-10-12-24-21(26-18)25-17-7-4-5-15(13-17)14-22/h2-8,10,12-13H,9,11H2,1H3,(H,23,27)(H,24,25,26). The van der Waals surface area contributed by atoms with E-state index in [1.807, 2.05) is 24.3 Å². The number of nitrogens with one attached hydrogen (secondary N) is 2. The van der Waals surface area contributed by atoms with Crippen molar-refractivity contribution in [2.45, 2.75) is 6.42 Å². The molecule has 0 aliphatic heterocycles. The van der Waals surface area contributed by atoms with E-state index in [4.69, 9.17) is 10.00 Å². The molecule has 0 saturated heterocycles. The van der Waals surface area contributed by atoms with Gasteiger partial charge in [0.15, 0.2) is 0 Å². The van der Waals surface area contributed by atoms with Gasteiger partial charge in [-0.15, -0.1) is 0 Å². The number of methoxy groups -OCH3 is 1. The second-order valence-corrected chi connectivity index (χ2v) is 5.90. The Morgan fingerprint density at radius 1 is 1.18 bits per heavy atom. The van der Waals surface area contributed by atoms with Crippen LogP contribution in [-0.2, 0) is 6.42 Å². The molecule has 0 radical (unpaired) electrons. The molecule has 1 aromatic heterocycles. The molecule has 0 saturated carbocycles. The number of carbonyl (C=O) groups is 1. The van der Waals surface area contributed by atoms with Gasteiger partial charge in [0.2, 0.25) is 5.95 Å². The molecule has 7 heteroatoms. The molecular formula is C21H19N5O2. The highest BCUT2D eigenvalue weighted by molar-refractivity contribution is 5.92. The summed E-state index contributed by atoms with van der Waals surface area (Å²) in [4.78, 5) is 20.8. The van der Waals surface area contributed by atoms with Gasteiger partial charge in [-0.25, -0.2) is 9.97 Å². The number of hydrogen-bond acceptors (Lipinski definition) is 6.